The molecule has 4 N–H and O–H groups in total. The van der Waals surface area contributed by atoms with Gasteiger partial charge in [-0.05, 0) is 55.3 Å². The van der Waals surface area contributed by atoms with E-state index >= 15 is 4.39 Å². The number of carboxylic acids is 1. The van der Waals surface area contributed by atoms with E-state index < -0.39 is 51.0 Å². The highest BCUT2D eigenvalue weighted by Gasteiger charge is 2.38. The SMILES string of the molecule is CCN(C)S(=O)(=O)Nc1ccc(F)c(C(=O)c2c[nH]c3ncc(-c4ccc(CN5CCN(C6CCNCC6)CC5)cc4)cc23)c1F.O=C(O)C(F)(F)F. The number of aliphatic carboxylic acids is 1. The van der Waals surface area contributed by atoms with Gasteiger partial charge in [0, 0.05) is 81.3 Å². The summed E-state index contributed by atoms with van der Waals surface area (Å²) in [6.07, 6.45) is 0.409. The van der Waals surface area contributed by atoms with Crippen molar-refractivity contribution in [3.05, 3.63) is 83.2 Å². The molecule has 0 bridgehead atoms. The number of pyridine rings is 1. The minimum absolute atomic E-state index is 0.0214. The summed E-state index contributed by atoms with van der Waals surface area (Å²) in [4.78, 5) is 34.9. The molecule has 2 aromatic carbocycles. The number of alkyl halides is 3. The van der Waals surface area contributed by atoms with Crippen molar-refractivity contribution in [1.29, 1.82) is 0 Å². The smallest absolute Gasteiger partial charge is 0.475 e. The van der Waals surface area contributed by atoms with E-state index in [1.54, 1.807) is 19.2 Å². The highest BCUT2D eigenvalue weighted by atomic mass is 32.2. The summed E-state index contributed by atoms with van der Waals surface area (Å²) in [5.41, 5.74) is 1.87. The molecule has 0 saturated carbocycles. The van der Waals surface area contributed by atoms with Crippen molar-refractivity contribution >= 4 is 38.7 Å². The van der Waals surface area contributed by atoms with E-state index in [0.29, 0.717) is 17.1 Å². The molecule has 2 aliphatic rings. The van der Waals surface area contributed by atoms with E-state index in [-0.39, 0.29) is 12.1 Å². The quantitative estimate of drug-likeness (QED) is 0.131. The first-order valence-corrected chi connectivity index (χ1v) is 18.3. The van der Waals surface area contributed by atoms with E-state index in [2.05, 4.69) is 41.9 Å². The van der Waals surface area contributed by atoms with Crippen LogP contribution in [0.4, 0.5) is 27.6 Å². The number of carbonyl (C=O) groups is 2. The largest absolute Gasteiger partial charge is 0.490 e. The number of anilines is 1. The molecule has 0 atom stereocenters. The fourth-order valence-corrected chi connectivity index (χ4v) is 7.16. The second-order valence-corrected chi connectivity index (χ2v) is 14.5. The van der Waals surface area contributed by atoms with E-state index in [1.807, 2.05) is 12.1 Å². The zero-order valence-corrected chi connectivity index (χ0v) is 29.8. The molecular formula is C35H40F5N7O5S. The molecule has 2 aromatic heterocycles. The van der Waals surface area contributed by atoms with Crippen molar-refractivity contribution in [2.75, 3.05) is 57.6 Å². The van der Waals surface area contributed by atoms with Crippen LogP contribution in [0.25, 0.3) is 22.2 Å². The fourth-order valence-electron chi connectivity index (χ4n) is 6.23. The number of ketones is 1. The predicted octanol–water partition coefficient (Wildman–Crippen LogP) is 4.85. The Bertz CT molecular complexity index is 2030. The Hall–Kier alpha value is -4.49. The van der Waals surface area contributed by atoms with Crippen LogP contribution in [0.3, 0.4) is 0 Å². The van der Waals surface area contributed by atoms with Gasteiger partial charge in [-0.3, -0.25) is 19.3 Å². The maximum Gasteiger partial charge on any atom is 0.490 e. The molecule has 6 rings (SSSR count). The Labute approximate surface area is 303 Å². The third-order valence-corrected chi connectivity index (χ3v) is 10.9. The first-order chi connectivity index (χ1) is 25.1. The van der Waals surface area contributed by atoms with Gasteiger partial charge in [0.05, 0.1) is 11.3 Å². The van der Waals surface area contributed by atoms with Crippen molar-refractivity contribution in [2.24, 2.45) is 0 Å². The van der Waals surface area contributed by atoms with Crippen molar-refractivity contribution in [3.8, 4) is 11.1 Å². The number of hydrogen-bond donors (Lipinski definition) is 4. The lowest BCUT2D eigenvalue weighted by Gasteiger charge is -2.40. The number of nitrogens with zero attached hydrogens (tertiary/aromatic N) is 4. The van der Waals surface area contributed by atoms with Gasteiger partial charge in [0.15, 0.2) is 5.82 Å². The summed E-state index contributed by atoms with van der Waals surface area (Å²) >= 11 is 0. The van der Waals surface area contributed by atoms with Gasteiger partial charge in [-0.2, -0.15) is 25.9 Å². The van der Waals surface area contributed by atoms with Crippen molar-refractivity contribution in [1.82, 2.24) is 29.4 Å². The van der Waals surface area contributed by atoms with Crippen LogP contribution in [0.15, 0.2) is 54.9 Å². The van der Waals surface area contributed by atoms with Crippen LogP contribution in [0.5, 0.6) is 0 Å². The van der Waals surface area contributed by atoms with Gasteiger partial charge < -0.3 is 15.4 Å². The highest BCUT2D eigenvalue weighted by molar-refractivity contribution is 7.90. The molecule has 0 amide bonds. The molecule has 286 valence electrons. The zero-order valence-electron chi connectivity index (χ0n) is 29.0. The number of nitrogens with one attached hydrogen (secondary N) is 3. The lowest BCUT2D eigenvalue weighted by molar-refractivity contribution is -0.192. The summed E-state index contributed by atoms with van der Waals surface area (Å²) in [5.74, 6) is -6.08. The fraction of sp³-hybridized carbons (Fsp3) is 0.400. The zero-order chi connectivity index (χ0) is 38.5. The normalized spacial score (nSPS) is 16.4. The molecule has 0 spiro atoms. The summed E-state index contributed by atoms with van der Waals surface area (Å²) in [6, 6.07) is 12.5. The molecular weight excluding hydrogens is 725 g/mol. The molecule has 0 aliphatic carbocycles. The lowest BCUT2D eigenvalue weighted by atomic mass is 9.99. The van der Waals surface area contributed by atoms with Crippen LogP contribution < -0.4 is 10.0 Å². The van der Waals surface area contributed by atoms with Gasteiger partial charge in [-0.1, -0.05) is 31.2 Å². The lowest BCUT2D eigenvalue weighted by Crippen LogP contribution is -2.52. The van der Waals surface area contributed by atoms with Crippen LogP contribution in [0, 0.1) is 11.6 Å². The van der Waals surface area contributed by atoms with Crippen LogP contribution >= 0.6 is 0 Å². The third-order valence-electron chi connectivity index (χ3n) is 9.36. The maximum absolute atomic E-state index is 15.5. The van der Waals surface area contributed by atoms with Crippen LogP contribution in [-0.2, 0) is 21.5 Å². The number of carboxylic acid groups (broad SMARTS) is 1. The number of rotatable bonds is 10. The molecule has 4 heterocycles. The molecule has 0 radical (unpaired) electrons. The topological polar surface area (TPSA) is 151 Å². The van der Waals surface area contributed by atoms with E-state index in [0.717, 1.165) is 73.4 Å². The summed E-state index contributed by atoms with van der Waals surface area (Å²) < 4.78 is 90.1. The number of piperazine rings is 1. The Morgan fingerprint density at radius 3 is 2.26 bits per heavy atom. The molecule has 4 aromatic rings. The van der Waals surface area contributed by atoms with E-state index in [1.165, 1.54) is 31.6 Å². The number of aromatic amines is 1. The molecule has 2 aliphatic heterocycles. The van der Waals surface area contributed by atoms with Gasteiger partial charge >= 0.3 is 22.4 Å². The summed E-state index contributed by atoms with van der Waals surface area (Å²) in [5, 5.41) is 11.0. The van der Waals surface area contributed by atoms with Gasteiger partial charge in [0.25, 0.3) is 0 Å². The van der Waals surface area contributed by atoms with Crippen LogP contribution in [-0.4, -0.2) is 114 Å². The minimum atomic E-state index is -5.08. The monoisotopic (exact) mass is 765 g/mol. The van der Waals surface area contributed by atoms with Gasteiger partial charge in [0.2, 0.25) is 5.78 Å². The van der Waals surface area contributed by atoms with Crippen molar-refractivity contribution < 1.29 is 45.1 Å². The maximum atomic E-state index is 15.5. The number of H-pyrrole nitrogens is 1. The van der Waals surface area contributed by atoms with E-state index in [4.69, 9.17) is 9.90 Å². The average Bonchev–Trinajstić information content (AvgIpc) is 3.57. The van der Waals surface area contributed by atoms with Crippen molar-refractivity contribution in [2.45, 2.75) is 38.5 Å². The Balaban J connectivity index is 0.000000705. The van der Waals surface area contributed by atoms with Crippen LogP contribution in [0.1, 0.15) is 41.3 Å². The molecule has 53 heavy (non-hydrogen) atoms. The predicted molar refractivity (Wildman–Crippen MR) is 189 cm³/mol. The number of halogens is 5. The van der Waals surface area contributed by atoms with Crippen molar-refractivity contribution in [3.63, 3.8) is 0 Å². The van der Waals surface area contributed by atoms with E-state index in [9.17, 15) is 30.8 Å². The van der Waals surface area contributed by atoms with Gasteiger partial charge in [-0.25, -0.2) is 18.6 Å². The standard InChI is InChI=1S/C33H39F2N7O3S.C2HF3O2/c1-3-40(2)46(44,45)39-29-9-8-28(34)30(31(29)35)32(43)27-20-38-33-26(27)18-24(19-37-33)23-6-4-22(5-7-23)21-41-14-16-42(17-15-41)25-10-12-36-13-11-25;3-2(4,5)1(6)7/h4-9,18-20,25,36,39H,3,10-17,21H2,1-2H3,(H,37,38);(H,6,7). The highest BCUT2D eigenvalue weighted by Crippen LogP contribution is 2.30. The minimum Gasteiger partial charge on any atom is -0.475 e. The summed E-state index contributed by atoms with van der Waals surface area (Å²) in [6.45, 7) is 9.10. The second kappa shape index (κ2) is 16.7. The Morgan fingerprint density at radius 2 is 1.66 bits per heavy atom. The number of aromatic nitrogens is 2. The first kappa shape index (κ1) is 39.7. The average molecular weight is 766 g/mol. The third kappa shape index (κ3) is 9.55. The van der Waals surface area contributed by atoms with Crippen LogP contribution in [0.2, 0.25) is 0 Å². The number of carbonyl (C=O) groups excluding carboxylic acids is 1. The Kier molecular flexibility index (Phi) is 12.5. The molecule has 2 saturated heterocycles. The number of piperidine rings is 1. The van der Waals surface area contributed by atoms with Gasteiger partial charge in [-0.15, -0.1) is 0 Å². The van der Waals surface area contributed by atoms with Gasteiger partial charge in [0.1, 0.15) is 11.5 Å². The molecule has 18 heteroatoms. The number of benzene rings is 2. The molecule has 0 unspecified atom stereocenters. The Morgan fingerprint density at radius 1 is 1.02 bits per heavy atom. The molecule has 12 nitrogen and oxygen atoms in total. The first-order valence-electron chi connectivity index (χ1n) is 16.9. The summed E-state index contributed by atoms with van der Waals surface area (Å²) in [7, 11) is -2.78. The number of fused-ring (bicyclic) bond motifs is 1. The molecule has 2 fully saturated rings. The second-order valence-electron chi connectivity index (χ2n) is 12.7. The number of hydrogen-bond acceptors (Lipinski definition) is 8.